The van der Waals surface area contributed by atoms with Crippen molar-refractivity contribution < 1.29 is 9.53 Å². The Labute approximate surface area is 142 Å². The number of aromatic nitrogens is 1. The van der Waals surface area contributed by atoms with Crippen molar-refractivity contribution in [1.82, 2.24) is 9.88 Å². The Balaban J connectivity index is 1.60. The van der Waals surface area contributed by atoms with Crippen LogP contribution < -0.4 is 4.74 Å². The number of aryl methyl sites for hydroxylation is 2. The van der Waals surface area contributed by atoms with Crippen LogP contribution in [0.2, 0.25) is 0 Å². The van der Waals surface area contributed by atoms with Gasteiger partial charge in [-0.2, -0.15) is 0 Å². The highest BCUT2D eigenvalue weighted by molar-refractivity contribution is 5.96. The molecule has 0 radical (unpaired) electrons. The third-order valence-corrected chi connectivity index (χ3v) is 5.15. The maximum Gasteiger partial charge on any atom is 0.259 e. The van der Waals surface area contributed by atoms with Crippen LogP contribution in [0, 0.1) is 0 Å². The Bertz CT molecular complexity index is 758. The van der Waals surface area contributed by atoms with Gasteiger partial charge < -0.3 is 9.64 Å². The van der Waals surface area contributed by atoms with E-state index in [0.717, 1.165) is 50.9 Å². The Hall–Kier alpha value is -2.36. The van der Waals surface area contributed by atoms with Gasteiger partial charge in [0.1, 0.15) is 5.56 Å². The van der Waals surface area contributed by atoms with E-state index in [1.807, 2.05) is 11.0 Å². The predicted molar refractivity (Wildman–Crippen MR) is 92.6 cm³/mol. The summed E-state index contributed by atoms with van der Waals surface area (Å²) in [6.07, 6.45) is 4.92. The second-order valence-corrected chi connectivity index (χ2v) is 6.57. The maximum absolute atomic E-state index is 13.1. The molecular weight excluding hydrogens is 300 g/mol. The third-order valence-electron chi connectivity index (χ3n) is 5.15. The second-order valence-electron chi connectivity index (χ2n) is 6.57. The summed E-state index contributed by atoms with van der Waals surface area (Å²) < 4.78 is 5.42. The van der Waals surface area contributed by atoms with Gasteiger partial charge in [-0.1, -0.05) is 24.3 Å². The molecule has 0 saturated heterocycles. The van der Waals surface area contributed by atoms with Gasteiger partial charge in [-0.15, -0.1) is 0 Å². The molecule has 0 spiro atoms. The smallest absolute Gasteiger partial charge is 0.259 e. The van der Waals surface area contributed by atoms with Gasteiger partial charge in [-0.25, -0.2) is 4.98 Å². The van der Waals surface area contributed by atoms with Crippen LogP contribution in [0.5, 0.6) is 5.88 Å². The molecule has 1 aliphatic carbocycles. The first-order valence-electron chi connectivity index (χ1n) is 8.69. The van der Waals surface area contributed by atoms with Crippen molar-refractivity contribution in [3.8, 4) is 5.88 Å². The molecule has 0 fully saturated rings. The molecular formula is C20H22N2O2. The van der Waals surface area contributed by atoms with Gasteiger partial charge >= 0.3 is 0 Å². The zero-order chi connectivity index (χ0) is 16.5. The first-order valence-corrected chi connectivity index (χ1v) is 8.69. The number of ether oxygens (including phenoxy) is 1. The first kappa shape index (κ1) is 15.2. The molecule has 2 heterocycles. The Morgan fingerprint density at radius 3 is 2.42 bits per heavy atom. The molecule has 0 saturated carbocycles. The van der Waals surface area contributed by atoms with Crippen molar-refractivity contribution in [1.29, 1.82) is 0 Å². The lowest BCUT2D eigenvalue weighted by Crippen LogP contribution is -2.33. The number of hydrogen-bond acceptors (Lipinski definition) is 3. The molecule has 4 rings (SSSR count). The van der Waals surface area contributed by atoms with Crippen molar-refractivity contribution >= 4 is 5.91 Å². The highest BCUT2D eigenvalue weighted by Crippen LogP contribution is 2.28. The minimum atomic E-state index is 0.0434. The molecule has 1 aromatic heterocycles. The van der Waals surface area contributed by atoms with Crippen LogP contribution in [0.3, 0.4) is 0 Å². The van der Waals surface area contributed by atoms with Crippen LogP contribution in [-0.2, 0) is 25.7 Å². The number of carbonyl (C=O) groups excluding carboxylic acids is 1. The number of pyridine rings is 1. The van der Waals surface area contributed by atoms with Crippen LogP contribution in [0.15, 0.2) is 30.3 Å². The number of hydrogen-bond donors (Lipinski definition) is 0. The van der Waals surface area contributed by atoms with Crippen molar-refractivity contribution in [2.75, 3.05) is 20.2 Å². The molecule has 0 N–H and O–H groups in total. The van der Waals surface area contributed by atoms with Crippen molar-refractivity contribution in [3.05, 3.63) is 58.3 Å². The highest BCUT2D eigenvalue weighted by atomic mass is 16.5. The van der Waals surface area contributed by atoms with E-state index in [2.05, 4.69) is 29.2 Å². The Kier molecular flexibility index (Phi) is 3.97. The van der Waals surface area contributed by atoms with E-state index in [0.29, 0.717) is 11.4 Å². The molecule has 4 heteroatoms. The Morgan fingerprint density at radius 1 is 1.04 bits per heavy atom. The van der Waals surface area contributed by atoms with Gasteiger partial charge in [0.25, 0.3) is 5.91 Å². The molecule has 4 nitrogen and oxygen atoms in total. The largest absolute Gasteiger partial charge is 0.480 e. The highest BCUT2D eigenvalue weighted by Gasteiger charge is 2.25. The summed E-state index contributed by atoms with van der Waals surface area (Å²) >= 11 is 0. The molecule has 124 valence electrons. The van der Waals surface area contributed by atoms with Gasteiger partial charge in [0, 0.05) is 18.8 Å². The van der Waals surface area contributed by atoms with Crippen LogP contribution in [0.4, 0.5) is 0 Å². The normalized spacial score (nSPS) is 16.3. The van der Waals surface area contributed by atoms with E-state index < -0.39 is 0 Å². The van der Waals surface area contributed by atoms with Crippen LogP contribution >= 0.6 is 0 Å². The third kappa shape index (κ3) is 2.66. The van der Waals surface area contributed by atoms with E-state index in [1.54, 1.807) is 7.11 Å². The fourth-order valence-electron chi connectivity index (χ4n) is 3.80. The molecule has 0 unspecified atom stereocenters. The maximum atomic E-state index is 13.1. The van der Waals surface area contributed by atoms with E-state index in [1.165, 1.54) is 16.7 Å². The van der Waals surface area contributed by atoms with Crippen molar-refractivity contribution in [2.24, 2.45) is 0 Å². The van der Waals surface area contributed by atoms with Crippen molar-refractivity contribution in [2.45, 2.75) is 32.1 Å². The molecule has 0 bridgehead atoms. The molecule has 24 heavy (non-hydrogen) atoms. The zero-order valence-electron chi connectivity index (χ0n) is 14.0. The average Bonchev–Trinajstić information content (AvgIpc) is 2.97. The van der Waals surface area contributed by atoms with Crippen LogP contribution in [-0.4, -0.2) is 36.0 Å². The summed E-state index contributed by atoms with van der Waals surface area (Å²) in [5, 5.41) is 0. The lowest BCUT2D eigenvalue weighted by Gasteiger charge is -2.21. The fraction of sp³-hybridized carbons (Fsp3) is 0.400. The van der Waals surface area contributed by atoms with Gasteiger partial charge in [0.05, 0.1) is 7.11 Å². The summed E-state index contributed by atoms with van der Waals surface area (Å²) in [5.41, 5.74) is 5.62. The minimum absolute atomic E-state index is 0.0434. The van der Waals surface area contributed by atoms with Crippen molar-refractivity contribution in [3.63, 3.8) is 0 Å². The van der Waals surface area contributed by atoms with E-state index in [4.69, 9.17) is 4.74 Å². The van der Waals surface area contributed by atoms with E-state index >= 15 is 0 Å². The topological polar surface area (TPSA) is 42.4 Å². The minimum Gasteiger partial charge on any atom is -0.480 e. The van der Waals surface area contributed by atoms with Gasteiger partial charge in [0.2, 0.25) is 5.88 Å². The first-order chi connectivity index (χ1) is 11.8. The predicted octanol–water partition coefficient (Wildman–Crippen LogP) is 2.82. The SMILES string of the molecule is COc1nc2c(cc1C(=O)N1CCc3ccccc3CC1)CCC2. The number of benzene rings is 1. The van der Waals surface area contributed by atoms with E-state index in [9.17, 15) is 4.79 Å². The van der Waals surface area contributed by atoms with E-state index in [-0.39, 0.29) is 5.91 Å². The molecule has 1 amide bonds. The quantitative estimate of drug-likeness (QED) is 0.854. The number of fused-ring (bicyclic) bond motifs is 2. The summed E-state index contributed by atoms with van der Waals surface area (Å²) in [4.78, 5) is 19.6. The Morgan fingerprint density at radius 2 is 1.75 bits per heavy atom. The average molecular weight is 322 g/mol. The molecule has 1 aromatic carbocycles. The second kappa shape index (κ2) is 6.27. The number of rotatable bonds is 2. The number of methoxy groups -OCH3 is 1. The van der Waals surface area contributed by atoms with Gasteiger partial charge in [-0.05, 0) is 54.9 Å². The number of amides is 1. The molecule has 0 atom stereocenters. The summed E-state index contributed by atoms with van der Waals surface area (Å²) in [5.74, 6) is 0.518. The van der Waals surface area contributed by atoms with Gasteiger partial charge in [0.15, 0.2) is 0 Å². The fourth-order valence-corrected chi connectivity index (χ4v) is 3.80. The van der Waals surface area contributed by atoms with Crippen LogP contribution in [0.1, 0.15) is 39.2 Å². The number of nitrogens with zero attached hydrogens (tertiary/aromatic N) is 2. The molecule has 2 aromatic rings. The summed E-state index contributed by atoms with van der Waals surface area (Å²) in [6, 6.07) is 10.5. The standard InChI is InChI=1S/C20H22N2O2/c1-24-19-17(13-16-7-4-8-18(16)21-19)20(23)22-11-9-14-5-2-3-6-15(14)10-12-22/h2-3,5-6,13H,4,7-12H2,1H3. The molecule has 2 aliphatic rings. The number of carbonyl (C=O) groups is 1. The lowest BCUT2D eigenvalue weighted by atomic mass is 10.0. The summed E-state index contributed by atoms with van der Waals surface area (Å²) in [6.45, 7) is 1.49. The zero-order valence-corrected chi connectivity index (χ0v) is 14.0. The summed E-state index contributed by atoms with van der Waals surface area (Å²) in [7, 11) is 1.60. The monoisotopic (exact) mass is 322 g/mol. The lowest BCUT2D eigenvalue weighted by molar-refractivity contribution is 0.0758. The van der Waals surface area contributed by atoms with Gasteiger partial charge in [-0.3, -0.25) is 4.79 Å². The molecule has 1 aliphatic heterocycles. The van der Waals surface area contributed by atoms with Crippen LogP contribution in [0.25, 0.3) is 0 Å².